The molecule has 0 aliphatic heterocycles. The molecule has 0 atom stereocenters. The molecule has 3 aromatic rings. The Balaban J connectivity index is 1.92. The van der Waals surface area contributed by atoms with Crippen molar-refractivity contribution in [2.24, 2.45) is 0 Å². The average Bonchev–Trinajstić information content (AvgIpc) is 2.75. The van der Waals surface area contributed by atoms with Gasteiger partial charge in [-0.3, -0.25) is 9.10 Å². The Labute approximate surface area is 185 Å². The number of nitrogens with one attached hydrogen (secondary N) is 1. The van der Waals surface area contributed by atoms with E-state index in [1.54, 1.807) is 24.3 Å². The molecule has 6 nitrogen and oxygen atoms in total. The molecule has 31 heavy (non-hydrogen) atoms. The van der Waals surface area contributed by atoms with Gasteiger partial charge in [-0.05, 0) is 61.5 Å². The molecule has 3 rings (SSSR count). The Morgan fingerprint density at radius 3 is 2.45 bits per heavy atom. The fourth-order valence-corrected chi connectivity index (χ4v) is 4.25. The first-order valence-electron chi connectivity index (χ1n) is 9.31. The summed E-state index contributed by atoms with van der Waals surface area (Å²) in [5.41, 5.74) is 0.691. The number of carbonyl (C=O) groups is 1. The zero-order chi connectivity index (χ0) is 22.6. The lowest BCUT2D eigenvalue weighted by Crippen LogP contribution is -2.27. The normalized spacial score (nSPS) is 11.1. The number of nitrogens with zero attached hydrogens (tertiary/aromatic N) is 1. The van der Waals surface area contributed by atoms with Gasteiger partial charge in [0.1, 0.15) is 11.6 Å². The highest BCUT2D eigenvalue weighted by molar-refractivity contribution is 7.92. The average molecular weight is 463 g/mol. The molecule has 162 valence electrons. The van der Waals surface area contributed by atoms with Gasteiger partial charge in [-0.15, -0.1) is 0 Å². The Hall–Kier alpha value is -3.10. The molecule has 0 saturated heterocycles. The third kappa shape index (κ3) is 4.98. The van der Waals surface area contributed by atoms with Crippen molar-refractivity contribution in [3.05, 3.63) is 83.1 Å². The number of benzene rings is 3. The summed E-state index contributed by atoms with van der Waals surface area (Å²) in [6, 6.07) is 15.8. The Morgan fingerprint density at radius 1 is 1.10 bits per heavy atom. The van der Waals surface area contributed by atoms with Crippen LogP contribution in [-0.2, 0) is 10.0 Å². The number of halogens is 2. The summed E-state index contributed by atoms with van der Waals surface area (Å²) in [6.07, 6.45) is 0. The van der Waals surface area contributed by atoms with Crippen LogP contribution in [0.3, 0.4) is 0 Å². The molecule has 0 fully saturated rings. The van der Waals surface area contributed by atoms with E-state index < -0.39 is 21.7 Å². The fraction of sp³-hybridized carbons (Fsp3) is 0.136. The molecular weight excluding hydrogens is 443 g/mol. The summed E-state index contributed by atoms with van der Waals surface area (Å²) >= 11 is 6.18. The van der Waals surface area contributed by atoms with Crippen molar-refractivity contribution in [3.8, 4) is 5.75 Å². The highest BCUT2D eigenvalue weighted by Gasteiger charge is 2.24. The lowest BCUT2D eigenvalue weighted by atomic mass is 10.2. The van der Waals surface area contributed by atoms with E-state index in [2.05, 4.69) is 5.32 Å². The summed E-state index contributed by atoms with van der Waals surface area (Å²) in [5.74, 6) is -0.583. The lowest BCUT2D eigenvalue weighted by Gasteiger charge is -2.20. The van der Waals surface area contributed by atoms with Crippen molar-refractivity contribution in [2.75, 3.05) is 23.3 Å². The molecule has 1 N–H and O–H groups in total. The smallest absolute Gasteiger partial charge is 0.264 e. The molecule has 1 amide bonds. The number of anilines is 2. The third-order valence-corrected chi connectivity index (χ3v) is 6.58. The minimum Gasteiger partial charge on any atom is -0.492 e. The van der Waals surface area contributed by atoms with Gasteiger partial charge >= 0.3 is 0 Å². The molecule has 0 heterocycles. The van der Waals surface area contributed by atoms with Gasteiger partial charge < -0.3 is 10.1 Å². The minimum atomic E-state index is -4.02. The van der Waals surface area contributed by atoms with Crippen LogP contribution < -0.4 is 14.4 Å². The second-order valence-electron chi connectivity index (χ2n) is 6.47. The highest BCUT2D eigenvalue weighted by atomic mass is 35.5. The first-order valence-corrected chi connectivity index (χ1v) is 11.1. The van der Waals surface area contributed by atoms with Crippen LogP contribution in [-0.4, -0.2) is 28.0 Å². The Bertz CT molecular complexity index is 1200. The number of hydrogen-bond donors (Lipinski definition) is 1. The number of ether oxygens (including phenoxy) is 1. The molecule has 0 aromatic heterocycles. The van der Waals surface area contributed by atoms with Gasteiger partial charge in [-0.2, -0.15) is 0 Å². The van der Waals surface area contributed by atoms with Gasteiger partial charge in [0.05, 0.1) is 33.5 Å². The van der Waals surface area contributed by atoms with E-state index in [9.17, 15) is 17.6 Å². The summed E-state index contributed by atoms with van der Waals surface area (Å²) in [4.78, 5) is 12.7. The van der Waals surface area contributed by atoms with Crippen LogP contribution in [0.5, 0.6) is 5.75 Å². The summed E-state index contributed by atoms with van der Waals surface area (Å²) in [5, 5.41) is 2.79. The number of sulfonamides is 1. The topological polar surface area (TPSA) is 75.7 Å². The molecule has 9 heteroatoms. The maximum Gasteiger partial charge on any atom is 0.264 e. The molecule has 0 radical (unpaired) electrons. The molecule has 0 saturated carbocycles. The Morgan fingerprint density at radius 2 is 1.77 bits per heavy atom. The van der Waals surface area contributed by atoms with E-state index in [0.29, 0.717) is 18.0 Å². The summed E-state index contributed by atoms with van der Waals surface area (Å²) in [7, 11) is -2.68. The molecule has 0 aliphatic rings. The second kappa shape index (κ2) is 9.36. The SMILES string of the molecule is CCOc1ccccc1NC(=O)c1cc(S(=O)(=O)N(C)c2ccc(F)cc2)ccc1Cl. The standard InChI is InChI=1S/C22H20ClFN2O4S/c1-3-30-21-7-5-4-6-20(21)25-22(27)18-14-17(12-13-19(18)23)31(28,29)26(2)16-10-8-15(24)9-11-16/h4-14H,3H2,1-2H3,(H,25,27). The molecule has 3 aromatic carbocycles. The maximum atomic E-state index is 13.2. The van der Waals surface area contributed by atoms with Crippen molar-refractivity contribution in [3.63, 3.8) is 0 Å². The van der Waals surface area contributed by atoms with E-state index in [1.165, 1.54) is 37.4 Å². The van der Waals surface area contributed by atoms with Gasteiger partial charge in [0.15, 0.2) is 0 Å². The zero-order valence-electron chi connectivity index (χ0n) is 16.8. The maximum absolute atomic E-state index is 13.2. The monoisotopic (exact) mass is 462 g/mol. The third-order valence-electron chi connectivity index (χ3n) is 4.47. The van der Waals surface area contributed by atoms with Crippen molar-refractivity contribution < 1.29 is 22.3 Å². The predicted molar refractivity (Wildman–Crippen MR) is 119 cm³/mol. The second-order valence-corrected chi connectivity index (χ2v) is 8.85. The van der Waals surface area contributed by atoms with E-state index in [-0.39, 0.29) is 21.2 Å². The van der Waals surface area contributed by atoms with Gasteiger partial charge in [0.2, 0.25) is 0 Å². The summed E-state index contributed by atoms with van der Waals surface area (Å²) in [6.45, 7) is 2.23. The van der Waals surface area contributed by atoms with Crippen LogP contribution in [0.1, 0.15) is 17.3 Å². The lowest BCUT2D eigenvalue weighted by molar-refractivity contribution is 0.102. The van der Waals surface area contributed by atoms with Crippen LogP contribution in [0.2, 0.25) is 5.02 Å². The van der Waals surface area contributed by atoms with Gasteiger partial charge in [0.25, 0.3) is 15.9 Å². The predicted octanol–water partition coefficient (Wildman–Crippen LogP) is 4.96. The van der Waals surface area contributed by atoms with Gasteiger partial charge in [-0.25, -0.2) is 12.8 Å². The summed E-state index contributed by atoms with van der Waals surface area (Å²) < 4.78 is 45.7. The molecule has 0 bridgehead atoms. The largest absolute Gasteiger partial charge is 0.492 e. The first kappa shape index (κ1) is 22.6. The Kier molecular flexibility index (Phi) is 6.82. The van der Waals surface area contributed by atoms with E-state index in [1.807, 2.05) is 6.92 Å². The molecular formula is C22H20ClFN2O4S. The molecule has 0 spiro atoms. The number of rotatable bonds is 7. The van der Waals surface area contributed by atoms with E-state index in [0.717, 1.165) is 16.4 Å². The zero-order valence-corrected chi connectivity index (χ0v) is 18.4. The van der Waals surface area contributed by atoms with E-state index in [4.69, 9.17) is 16.3 Å². The van der Waals surface area contributed by atoms with Gasteiger partial charge in [-0.1, -0.05) is 23.7 Å². The van der Waals surface area contributed by atoms with E-state index >= 15 is 0 Å². The van der Waals surface area contributed by atoms with Crippen LogP contribution in [0.4, 0.5) is 15.8 Å². The minimum absolute atomic E-state index is 0.0125. The van der Waals surface area contributed by atoms with Crippen molar-refractivity contribution >= 4 is 38.9 Å². The number of hydrogen-bond acceptors (Lipinski definition) is 4. The van der Waals surface area contributed by atoms with Crippen LogP contribution in [0.15, 0.2) is 71.6 Å². The quantitative estimate of drug-likeness (QED) is 0.538. The van der Waals surface area contributed by atoms with Crippen molar-refractivity contribution in [1.82, 2.24) is 0 Å². The van der Waals surface area contributed by atoms with Crippen LogP contribution in [0, 0.1) is 5.82 Å². The number of carbonyl (C=O) groups excluding carboxylic acids is 1. The molecule has 0 unspecified atom stereocenters. The number of para-hydroxylation sites is 2. The van der Waals surface area contributed by atoms with Crippen LogP contribution >= 0.6 is 11.6 Å². The molecule has 0 aliphatic carbocycles. The van der Waals surface area contributed by atoms with Crippen LogP contribution in [0.25, 0.3) is 0 Å². The van der Waals surface area contributed by atoms with Gasteiger partial charge in [0, 0.05) is 7.05 Å². The van der Waals surface area contributed by atoms with Crippen molar-refractivity contribution in [1.29, 1.82) is 0 Å². The fourth-order valence-electron chi connectivity index (χ4n) is 2.83. The van der Waals surface area contributed by atoms with Crippen molar-refractivity contribution in [2.45, 2.75) is 11.8 Å². The number of amides is 1. The first-order chi connectivity index (χ1) is 14.7. The highest BCUT2D eigenvalue weighted by Crippen LogP contribution is 2.28.